The van der Waals surface area contributed by atoms with Gasteiger partial charge in [0.1, 0.15) is 12.4 Å². The molecule has 1 atom stereocenters. The van der Waals surface area contributed by atoms with Gasteiger partial charge in [-0.15, -0.1) is 0 Å². The number of carbonyl (C=O) groups is 1. The summed E-state index contributed by atoms with van der Waals surface area (Å²) in [5, 5.41) is 2.94. The standard InChI is InChI=1S/C14H23NO3/c1-4-5-6-7-11(2)15-14(16)13-9-8-12(18-13)10-17-3/h8-9,11H,4-7,10H2,1-3H3,(H,15,16). The van der Waals surface area contributed by atoms with Gasteiger partial charge in [0.05, 0.1) is 0 Å². The van der Waals surface area contributed by atoms with Crippen LogP contribution >= 0.6 is 0 Å². The van der Waals surface area contributed by atoms with Crippen LogP contribution in [0.1, 0.15) is 55.8 Å². The Morgan fingerprint density at radius 1 is 1.44 bits per heavy atom. The Labute approximate surface area is 109 Å². The van der Waals surface area contributed by atoms with Crippen molar-refractivity contribution in [3.05, 3.63) is 23.7 Å². The van der Waals surface area contributed by atoms with Gasteiger partial charge >= 0.3 is 0 Å². The molecule has 1 rings (SSSR count). The van der Waals surface area contributed by atoms with E-state index in [9.17, 15) is 4.79 Å². The predicted molar refractivity (Wildman–Crippen MR) is 70.5 cm³/mol. The Morgan fingerprint density at radius 3 is 2.89 bits per heavy atom. The molecular weight excluding hydrogens is 230 g/mol. The number of unbranched alkanes of at least 4 members (excludes halogenated alkanes) is 2. The Bertz CT molecular complexity index is 360. The Hall–Kier alpha value is -1.29. The third-order valence-corrected chi connectivity index (χ3v) is 2.79. The van der Waals surface area contributed by atoms with Crippen LogP contribution in [0.2, 0.25) is 0 Å². The zero-order valence-corrected chi connectivity index (χ0v) is 11.5. The predicted octanol–water partition coefficient (Wildman–Crippen LogP) is 3.12. The minimum absolute atomic E-state index is 0.152. The van der Waals surface area contributed by atoms with Crippen LogP contribution in [-0.2, 0) is 11.3 Å². The molecule has 1 heterocycles. The zero-order chi connectivity index (χ0) is 13.4. The Morgan fingerprint density at radius 2 is 2.22 bits per heavy atom. The SMILES string of the molecule is CCCCCC(C)NC(=O)c1ccc(COC)o1. The fourth-order valence-corrected chi connectivity index (χ4v) is 1.79. The number of amides is 1. The monoisotopic (exact) mass is 253 g/mol. The number of nitrogens with one attached hydrogen (secondary N) is 1. The molecule has 1 aromatic rings. The zero-order valence-electron chi connectivity index (χ0n) is 11.5. The summed E-state index contributed by atoms with van der Waals surface area (Å²) in [4.78, 5) is 11.9. The Balaban J connectivity index is 2.38. The smallest absolute Gasteiger partial charge is 0.287 e. The number of ether oxygens (including phenoxy) is 1. The number of hydrogen-bond acceptors (Lipinski definition) is 3. The highest BCUT2D eigenvalue weighted by Gasteiger charge is 2.13. The van der Waals surface area contributed by atoms with E-state index < -0.39 is 0 Å². The van der Waals surface area contributed by atoms with Crippen molar-refractivity contribution in [2.45, 2.75) is 52.2 Å². The van der Waals surface area contributed by atoms with Crippen molar-refractivity contribution < 1.29 is 13.9 Å². The van der Waals surface area contributed by atoms with Crippen molar-refractivity contribution in [2.75, 3.05) is 7.11 Å². The van der Waals surface area contributed by atoms with Crippen molar-refractivity contribution in [1.82, 2.24) is 5.32 Å². The lowest BCUT2D eigenvalue weighted by Crippen LogP contribution is -2.32. The average molecular weight is 253 g/mol. The van der Waals surface area contributed by atoms with Gasteiger partial charge in [0.15, 0.2) is 5.76 Å². The van der Waals surface area contributed by atoms with E-state index in [0.29, 0.717) is 18.1 Å². The second-order valence-electron chi connectivity index (χ2n) is 4.57. The molecule has 4 nitrogen and oxygen atoms in total. The van der Waals surface area contributed by atoms with Gasteiger partial charge in [0.25, 0.3) is 5.91 Å². The van der Waals surface area contributed by atoms with Crippen LogP contribution in [0.5, 0.6) is 0 Å². The van der Waals surface area contributed by atoms with Crippen molar-refractivity contribution >= 4 is 5.91 Å². The van der Waals surface area contributed by atoms with E-state index >= 15 is 0 Å². The summed E-state index contributed by atoms with van der Waals surface area (Å²) in [5.41, 5.74) is 0. The highest BCUT2D eigenvalue weighted by molar-refractivity contribution is 5.91. The third-order valence-electron chi connectivity index (χ3n) is 2.79. The van der Waals surface area contributed by atoms with Crippen LogP contribution in [0.3, 0.4) is 0 Å². The molecule has 0 spiro atoms. The van der Waals surface area contributed by atoms with Gasteiger partial charge in [-0.1, -0.05) is 26.2 Å². The van der Waals surface area contributed by atoms with E-state index in [1.807, 2.05) is 6.92 Å². The number of hydrogen-bond donors (Lipinski definition) is 1. The molecule has 1 unspecified atom stereocenters. The summed E-state index contributed by atoms with van der Waals surface area (Å²) in [6.07, 6.45) is 4.55. The first-order valence-corrected chi connectivity index (χ1v) is 6.55. The average Bonchev–Trinajstić information content (AvgIpc) is 2.78. The van der Waals surface area contributed by atoms with Gasteiger partial charge in [-0.2, -0.15) is 0 Å². The first-order chi connectivity index (χ1) is 8.67. The number of furan rings is 1. The topological polar surface area (TPSA) is 51.5 Å². The van der Waals surface area contributed by atoms with Crippen molar-refractivity contribution in [3.63, 3.8) is 0 Å². The van der Waals surface area contributed by atoms with Crippen LogP contribution < -0.4 is 5.32 Å². The lowest BCUT2D eigenvalue weighted by molar-refractivity contribution is 0.0901. The van der Waals surface area contributed by atoms with E-state index in [2.05, 4.69) is 12.2 Å². The summed E-state index contributed by atoms with van der Waals surface area (Å²) < 4.78 is 10.3. The highest BCUT2D eigenvalue weighted by Crippen LogP contribution is 2.10. The van der Waals surface area contributed by atoms with E-state index in [1.54, 1.807) is 19.2 Å². The van der Waals surface area contributed by atoms with Crippen LogP contribution in [0, 0.1) is 0 Å². The molecule has 1 aromatic heterocycles. The molecule has 102 valence electrons. The van der Waals surface area contributed by atoms with Gasteiger partial charge in [-0.3, -0.25) is 4.79 Å². The fraction of sp³-hybridized carbons (Fsp3) is 0.643. The molecular formula is C14H23NO3. The Kier molecular flexibility index (Phi) is 6.50. The van der Waals surface area contributed by atoms with Gasteiger partial charge < -0.3 is 14.5 Å². The molecule has 1 N–H and O–H groups in total. The second-order valence-corrected chi connectivity index (χ2v) is 4.57. The number of rotatable bonds is 8. The summed E-state index contributed by atoms with van der Waals surface area (Å²) in [6.45, 7) is 4.58. The molecule has 0 aromatic carbocycles. The summed E-state index contributed by atoms with van der Waals surface area (Å²) in [5.74, 6) is 0.868. The molecule has 0 aliphatic rings. The van der Waals surface area contributed by atoms with E-state index in [0.717, 1.165) is 12.8 Å². The van der Waals surface area contributed by atoms with E-state index in [1.165, 1.54) is 12.8 Å². The lowest BCUT2D eigenvalue weighted by Gasteiger charge is -2.12. The quantitative estimate of drug-likeness (QED) is 0.724. The molecule has 0 aliphatic heterocycles. The maximum atomic E-state index is 11.9. The van der Waals surface area contributed by atoms with Crippen LogP contribution in [0.25, 0.3) is 0 Å². The third kappa shape index (κ3) is 4.92. The molecule has 1 amide bonds. The summed E-state index contributed by atoms with van der Waals surface area (Å²) in [7, 11) is 1.60. The van der Waals surface area contributed by atoms with Gasteiger partial charge in [-0.25, -0.2) is 0 Å². The molecule has 0 saturated heterocycles. The van der Waals surface area contributed by atoms with Crippen LogP contribution in [0.4, 0.5) is 0 Å². The molecule has 18 heavy (non-hydrogen) atoms. The molecule has 0 radical (unpaired) electrons. The molecule has 0 bridgehead atoms. The lowest BCUT2D eigenvalue weighted by atomic mass is 10.1. The van der Waals surface area contributed by atoms with Gasteiger partial charge in [0, 0.05) is 13.2 Å². The van der Waals surface area contributed by atoms with Gasteiger partial charge in [0.2, 0.25) is 0 Å². The van der Waals surface area contributed by atoms with Crippen LogP contribution in [0.15, 0.2) is 16.5 Å². The summed E-state index contributed by atoms with van der Waals surface area (Å²) >= 11 is 0. The molecule has 4 heteroatoms. The van der Waals surface area contributed by atoms with Crippen molar-refractivity contribution in [2.24, 2.45) is 0 Å². The van der Waals surface area contributed by atoms with Crippen LogP contribution in [-0.4, -0.2) is 19.1 Å². The minimum atomic E-state index is -0.152. The largest absolute Gasteiger partial charge is 0.453 e. The van der Waals surface area contributed by atoms with E-state index in [4.69, 9.17) is 9.15 Å². The van der Waals surface area contributed by atoms with Gasteiger partial charge in [-0.05, 0) is 25.5 Å². The second kappa shape index (κ2) is 7.93. The highest BCUT2D eigenvalue weighted by atomic mass is 16.5. The fourth-order valence-electron chi connectivity index (χ4n) is 1.79. The molecule has 0 aliphatic carbocycles. The normalized spacial score (nSPS) is 12.4. The first-order valence-electron chi connectivity index (χ1n) is 6.55. The molecule has 0 fully saturated rings. The van der Waals surface area contributed by atoms with Crippen molar-refractivity contribution in [1.29, 1.82) is 0 Å². The van der Waals surface area contributed by atoms with E-state index in [-0.39, 0.29) is 11.9 Å². The minimum Gasteiger partial charge on any atom is -0.453 e. The number of carbonyl (C=O) groups excluding carboxylic acids is 1. The maximum absolute atomic E-state index is 11.9. The maximum Gasteiger partial charge on any atom is 0.287 e. The summed E-state index contributed by atoms with van der Waals surface area (Å²) in [6, 6.07) is 3.63. The first kappa shape index (κ1) is 14.8. The van der Waals surface area contributed by atoms with Crippen molar-refractivity contribution in [3.8, 4) is 0 Å². The number of methoxy groups -OCH3 is 1. The molecule has 0 saturated carbocycles.